The molecule has 0 unspecified atom stereocenters. The van der Waals surface area contributed by atoms with Gasteiger partial charge in [0.2, 0.25) is 5.91 Å². The molecule has 0 radical (unpaired) electrons. The van der Waals surface area contributed by atoms with E-state index < -0.39 is 5.97 Å². The number of aromatic nitrogens is 3. The number of aliphatic carboxylic acids is 1. The first kappa shape index (κ1) is 24.0. The van der Waals surface area contributed by atoms with Crippen molar-refractivity contribution in [1.29, 1.82) is 0 Å². The summed E-state index contributed by atoms with van der Waals surface area (Å²) < 4.78 is 7.87. The lowest BCUT2D eigenvalue weighted by Gasteiger charge is -2.32. The maximum atomic E-state index is 12.7. The van der Waals surface area contributed by atoms with E-state index in [9.17, 15) is 4.79 Å². The highest BCUT2D eigenvalue weighted by Gasteiger charge is 2.28. The van der Waals surface area contributed by atoms with Crippen LogP contribution in [-0.2, 0) is 22.6 Å². The third-order valence-electron chi connectivity index (χ3n) is 5.20. The van der Waals surface area contributed by atoms with Gasteiger partial charge in [-0.1, -0.05) is 48.5 Å². The Morgan fingerprint density at radius 3 is 2.36 bits per heavy atom. The Morgan fingerprint density at radius 1 is 1.06 bits per heavy atom. The van der Waals surface area contributed by atoms with Gasteiger partial charge < -0.3 is 19.3 Å². The van der Waals surface area contributed by atoms with E-state index >= 15 is 0 Å². The molecule has 1 atom stereocenters. The van der Waals surface area contributed by atoms with Gasteiger partial charge >= 0.3 is 0 Å². The largest absolute Gasteiger partial charge is 0.494 e. The molecule has 8 nitrogen and oxygen atoms in total. The summed E-state index contributed by atoms with van der Waals surface area (Å²) in [6, 6.07) is 20.1. The zero-order valence-electron chi connectivity index (χ0n) is 19.1. The molecule has 33 heavy (non-hydrogen) atoms. The first-order chi connectivity index (χ1) is 15.9. The highest BCUT2D eigenvalue weighted by molar-refractivity contribution is 5.76. The predicted octanol–water partition coefficient (Wildman–Crippen LogP) is 3.72. The maximum absolute atomic E-state index is 12.7. The Kier molecular flexibility index (Phi) is 8.57. The van der Waals surface area contributed by atoms with Crippen LogP contribution in [0.3, 0.4) is 0 Å². The maximum Gasteiger partial charge on any atom is 0.300 e. The number of carbonyl (C=O) groups is 2. The second-order valence-electron chi connectivity index (χ2n) is 7.97. The van der Waals surface area contributed by atoms with Gasteiger partial charge in [0.1, 0.15) is 11.6 Å². The molecule has 1 aliphatic rings. The third-order valence-corrected chi connectivity index (χ3v) is 5.20. The van der Waals surface area contributed by atoms with Crippen LogP contribution in [0.25, 0.3) is 0 Å². The monoisotopic (exact) mass is 450 g/mol. The average Bonchev–Trinajstić information content (AvgIpc) is 3.21. The van der Waals surface area contributed by atoms with Crippen molar-refractivity contribution in [2.45, 2.75) is 45.7 Å². The molecule has 1 aromatic heterocycles. The van der Waals surface area contributed by atoms with Crippen LogP contribution in [-0.4, -0.2) is 49.8 Å². The second kappa shape index (κ2) is 11.8. The second-order valence-corrected chi connectivity index (χ2v) is 7.97. The molecule has 0 saturated heterocycles. The van der Waals surface area contributed by atoms with Gasteiger partial charge in [-0.3, -0.25) is 9.59 Å². The lowest BCUT2D eigenvalue weighted by molar-refractivity contribution is -0.134. The van der Waals surface area contributed by atoms with Gasteiger partial charge in [0.15, 0.2) is 5.82 Å². The van der Waals surface area contributed by atoms with Crippen molar-refractivity contribution in [2.24, 2.45) is 0 Å². The standard InChI is InChI=1S/C23H26N4O2.C2H4O2/c1-18-16-26(23(28)13-8-14-29-20-11-6-3-7-12-20)17-22-25-24-21(27(18)22)15-19-9-4-2-5-10-19;1-2(3)4/h2-7,9-12,18H,8,13-17H2,1H3;1H3,(H,3,4)/t18-;/m0./s1. The number of nitrogens with zero attached hydrogens (tertiary/aromatic N) is 4. The van der Waals surface area contributed by atoms with Crippen LogP contribution < -0.4 is 4.74 Å². The minimum absolute atomic E-state index is 0.146. The molecule has 174 valence electrons. The molecule has 1 amide bonds. The van der Waals surface area contributed by atoms with Crippen LogP contribution >= 0.6 is 0 Å². The number of benzene rings is 2. The Labute approximate surface area is 193 Å². The first-order valence-corrected chi connectivity index (χ1v) is 11.1. The number of hydrogen-bond donors (Lipinski definition) is 1. The Balaban J connectivity index is 0.000000709. The van der Waals surface area contributed by atoms with Gasteiger partial charge in [0, 0.05) is 26.3 Å². The molecule has 0 bridgehead atoms. The Bertz CT molecular complexity index is 1030. The normalized spacial score (nSPS) is 14.6. The van der Waals surface area contributed by atoms with Gasteiger partial charge in [-0.05, 0) is 31.0 Å². The summed E-state index contributed by atoms with van der Waals surface area (Å²) >= 11 is 0. The molecular formula is C25H30N4O4. The number of amides is 1. The van der Waals surface area contributed by atoms with Crippen molar-refractivity contribution in [3.05, 3.63) is 77.9 Å². The zero-order chi connectivity index (χ0) is 23.6. The summed E-state index contributed by atoms with van der Waals surface area (Å²) in [5, 5.41) is 16.2. The summed E-state index contributed by atoms with van der Waals surface area (Å²) in [6.07, 6.45) is 1.93. The number of para-hydroxylation sites is 1. The number of fused-ring (bicyclic) bond motifs is 1. The van der Waals surface area contributed by atoms with E-state index in [4.69, 9.17) is 14.6 Å². The molecule has 0 aliphatic carbocycles. The van der Waals surface area contributed by atoms with Crippen molar-refractivity contribution >= 4 is 11.9 Å². The van der Waals surface area contributed by atoms with Crippen molar-refractivity contribution in [3.63, 3.8) is 0 Å². The van der Waals surface area contributed by atoms with Gasteiger partial charge in [-0.15, -0.1) is 10.2 Å². The number of hydrogen-bond acceptors (Lipinski definition) is 5. The summed E-state index contributed by atoms with van der Waals surface area (Å²) in [7, 11) is 0. The van der Waals surface area contributed by atoms with E-state index in [1.54, 1.807) is 0 Å². The van der Waals surface area contributed by atoms with Crippen LogP contribution in [0, 0.1) is 0 Å². The number of ether oxygens (including phenoxy) is 1. The van der Waals surface area contributed by atoms with Crippen molar-refractivity contribution in [2.75, 3.05) is 13.2 Å². The molecule has 0 fully saturated rings. The molecule has 2 aromatic carbocycles. The van der Waals surface area contributed by atoms with Crippen LogP contribution in [0.15, 0.2) is 60.7 Å². The fraction of sp³-hybridized carbons (Fsp3) is 0.360. The van der Waals surface area contributed by atoms with Crippen molar-refractivity contribution in [1.82, 2.24) is 19.7 Å². The lowest BCUT2D eigenvalue weighted by atomic mass is 10.1. The number of rotatable bonds is 7. The van der Waals surface area contributed by atoms with E-state index in [0.717, 1.165) is 30.7 Å². The van der Waals surface area contributed by atoms with Gasteiger partial charge in [-0.2, -0.15) is 0 Å². The summed E-state index contributed by atoms with van der Waals surface area (Å²) in [5.41, 5.74) is 1.21. The third kappa shape index (κ3) is 7.17. The fourth-order valence-electron chi connectivity index (χ4n) is 3.79. The predicted molar refractivity (Wildman–Crippen MR) is 124 cm³/mol. The quantitative estimate of drug-likeness (QED) is 0.551. The zero-order valence-corrected chi connectivity index (χ0v) is 19.1. The van der Waals surface area contributed by atoms with E-state index in [0.29, 0.717) is 32.5 Å². The van der Waals surface area contributed by atoms with E-state index in [2.05, 4.69) is 33.8 Å². The molecule has 4 rings (SSSR count). The summed E-state index contributed by atoms with van der Waals surface area (Å²) in [5.74, 6) is 1.98. The average molecular weight is 451 g/mol. The van der Waals surface area contributed by atoms with Gasteiger partial charge in [0.25, 0.3) is 5.97 Å². The van der Waals surface area contributed by atoms with E-state index in [-0.39, 0.29) is 11.9 Å². The SMILES string of the molecule is CC(=O)O.C[C@H]1CN(C(=O)CCCOc2ccccc2)Cc2nnc(Cc3ccccc3)n21. The minimum atomic E-state index is -0.833. The summed E-state index contributed by atoms with van der Waals surface area (Å²) in [4.78, 5) is 23.6. The molecular weight excluding hydrogens is 420 g/mol. The van der Waals surface area contributed by atoms with Gasteiger partial charge in [0.05, 0.1) is 19.2 Å². The smallest absolute Gasteiger partial charge is 0.300 e. The van der Waals surface area contributed by atoms with Crippen LogP contribution in [0.1, 0.15) is 49.9 Å². The summed E-state index contributed by atoms with van der Waals surface area (Å²) in [6.45, 7) is 4.95. The molecule has 2 heterocycles. The number of carbonyl (C=O) groups excluding carboxylic acids is 1. The van der Waals surface area contributed by atoms with E-state index in [1.165, 1.54) is 5.56 Å². The van der Waals surface area contributed by atoms with Crippen LogP contribution in [0.5, 0.6) is 5.75 Å². The van der Waals surface area contributed by atoms with Crippen LogP contribution in [0.4, 0.5) is 0 Å². The van der Waals surface area contributed by atoms with Gasteiger partial charge in [-0.25, -0.2) is 0 Å². The molecule has 0 spiro atoms. The first-order valence-electron chi connectivity index (χ1n) is 11.1. The fourth-order valence-corrected chi connectivity index (χ4v) is 3.79. The molecule has 1 N–H and O–H groups in total. The van der Waals surface area contributed by atoms with E-state index in [1.807, 2.05) is 53.4 Å². The highest BCUT2D eigenvalue weighted by Crippen LogP contribution is 2.23. The molecule has 0 saturated carbocycles. The Hall–Kier alpha value is -3.68. The molecule has 1 aliphatic heterocycles. The molecule has 8 heteroatoms. The topological polar surface area (TPSA) is 97.6 Å². The Morgan fingerprint density at radius 2 is 1.70 bits per heavy atom. The minimum Gasteiger partial charge on any atom is -0.494 e. The number of carboxylic acid groups (broad SMARTS) is 1. The van der Waals surface area contributed by atoms with Crippen LogP contribution in [0.2, 0.25) is 0 Å². The van der Waals surface area contributed by atoms with Crippen molar-refractivity contribution < 1.29 is 19.4 Å². The highest BCUT2D eigenvalue weighted by atomic mass is 16.5. The lowest BCUT2D eigenvalue weighted by Crippen LogP contribution is -2.40. The molecule has 3 aromatic rings. The van der Waals surface area contributed by atoms with Crippen molar-refractivity contribution in [3.8, 4) is 5.75 Å². The number of carboxylic acids is 1.